The molecule has 0 saturated carbocycles. The molecule has 0 spiro atoms. The van der Waals surface area contributed by atoms with E-state index in [-0.39, 0.29) is 36.6 Å². The molecule has 1 saturated heterocycles. The van der Waals surface area contributed by atoms with E-state index in [0.717, 1.165) is 31.5 Å². The number of carbonyl (C=O) groups excluding carboxylic acids is 2. The highest BCUT2D eigenvalue weighted by molar-refractivity contribution is 5.97. The van der Waals surface area contributed by atoms with Crippen molar-refractivity contribution < 1.29 is 9.59 Å². The van der Waals surface area contributed by atoms with Crippen molar-refractivity contribution in [2.75, 3.05) is 13.1 Å². The number of hydrogen-bond donors (Lipinski definition) is 1. The van der Waals surface area contributed by atoms with Gasteiger partial charge in [0.2, 0.25) is 5.91 Å². The lowest BCUT2D eigenvalue weighted by Gasteiger charge is -2.33. The Hall–Kier alpha value is -1.39. The van der Waals surface area contributed by atoms with E-state index < -0.39 is 0 Å². The summed E-state index contributed by atoms with van der Waals surface area (Å²) < 4.78 is 0. The van der Waals surface area contributed by atoms with Gasteiger partial charge in [-0.25, -0.2) is 0 Å². The number of ketones is 1. The lowest BCUT2D eigenvalue weighted by atomic mass is 9.91. The molecule has 128 valence electrons. The molecule has 1 atom stereocenters. The number of amides is 1. The minimum atomic E-state index is 0. The Morgan fingerprint density at radius 3 is 2.26 bits per heavy atom. The quantitative estimate of drug-likeness (QED) is 0.839. The molecular weight excluding hydrogens is 312 g/mol. The summed E-state index contributed by atoms with van der Waals surface area (Å²) in [5.41, 5.74) is 7.73. The van der Waals surface area contributed by atoms with Gasteiger partial charge in [-0.3, -0.25) is 9.59 Å². The van der Waals surface area contributed by atoms with Crippen LogP contribution in [0.5, 0.6) is 0 Å². The van der Waals surface area contributed by atoms with E-state index in [1.54, 1.807) is 0 Å². The fraction of sp³-hybridized carbons (Fsp3) is 0.556. The van der Waals surface area contributed by atoms with Crippen molar-refractivity contribution in [2.24, 2.45) is 11.7 Å². The Bertz CT molecular complexity index is 520. The Morgan fingerprint density at radius 2 is 1.74 bits per heavy atom. The summed E-state index contributed by atoms with van der Waals surface area (Å²) in [6.07, 6.45) is 2.52. The lowest BCUT2D eigenvalue weighted by molar-refractivity contribution is -0.132. The molecule has 1 aromatic carbocycles. The number of aryl methyl sites for hydroxylation is 1. The van der Waals surface area contributed by atoms with Crippen LogP contribution in [-0.4, -0.2) is 35.7 Å². The van der Waals surface area contributed by atoms with E-state index >= 15 is 0 Å². The molecule has 1 unspecified atom stereocenters. The number of piperidine rings is 1. The first-order valence-corrected chi connectivity index (χ1v) is 8.10. The van der Waals surface area contributed by atoms with Gasteiger partial charge in [0.15, 0.2) is 5.78 Å². The van der Waals surface area contributed by atoms with Gasteiger partial charge in [-0.15, -0.1) is 12.4 Å². The van der Waals surface area contributed by atoms with Crippen LogP contribution in [0.25, 0.3) is 0 Å². The molecule has 1 aliphatic heterocycles. The maximum absolute atomic E-state index is 12.2. The van der Waals surface area contributed by atoms with Crippen LogP contribution in [0.15, 0.2) is 24.3 Å². The Labute approximate surface area is 144 Å². The zero-order valence-corrected chi connectivity index (χ0v) is 14.8. The Balaban J connectivity index is 0.00000264. The second kappa shape index (κ2) is 9.04. The van der Waals surface area contributed by atoms with Crippen molar-refractivity contribution in [3.8, 4) is 0 Å². The van der Waals surface area contributed by atoms with Crippen molar-refractivity contribution in [3.63, 3.8) is 0 Å². The van der Waals surface area contributed by atoms with Gasteiger partial charge in [0.25, 0.3) is 0 Å². The highest BCUT2D eigenvalue weighted by Crippen LogP contribution is 2.20. The summed E-state index contributed by atoms with van der Waals surface area (Å²) in [6.45, 7) is 5.56. The van der Waals surface area contributed by atoms with Gasteiger partial charge in [-0.2, -0.15) is 0 Å². The minimum Gasteiger partial charge on any atom is -0.343 e. The number of nitrogens with two attached hydrogens (primary N) is 1. The van der Waals surface area contributed by atoms with Crippen LogP contribution in [0, 0.1) is 12.8 Å². The second-order valence-corrected chi connectivity index (χ2v) is 6.37. The van der Waals surface area contributed by atoms with Crippen LogP contribution < -0.4 is 5.73 Å². The molecule has 1 heterocycles. The van der Waals surface area contributed by atoms with Crippen molar-refractivity contribution >= 4 is 24.1 Å². The SMILES string of the molecule is Cc1ccc(C(=O)CCC(=O)N2CCC(C(C)N)CC2)cc1.Cl. The van der Waals surface area contributed by atoms with Crippen LogP contribution in [0.2, 0.25) is 0 Å². The number of halogens is 1. The number of likely N-dealkylation sites (tertiary alicyclic amines) is 1. The van der Waals surface area contributed by atoms with E-state index in [4.69, 9.17) is 5.73 Å². The molecule has 0 bridgehead atoms. The third-order valence-electron chi connectivity index (χ3n) is 4.58. The fourth-order valence-electron chi connectivity index (χ4n) is 2.94. The monoisotopic (exact) mass is 338 g/mol. The summed E-state index contributed by atoms with van der Waals surface area (Å²) >= 11 is 0. The van der Waals surface area contributed by atoms with Crippen LogP contribution >= 0.6 is 12.4 Å². The molecule has 2 N–H and O–H groups in total. The number of Topliss-reactive ketones (excluding diaryl/α,β-unsaturated/α-hetero) is 1. The van der Waals surface area contributed by atoms with Crippen molar-refractivity contribution in [1.82, 2.24) is 4.90 Å². The summed E-state index contributed by atoms with van der Waals surface area (Å²) in [5.74, 6) is 0.639. The average Bonchev–Trinajstić information content (AvgIpc) is 2.53. The molecule has 1 amide bonds. The summed E-state index contributed by atoms with van der Waals surface area (Å²) in [4.78, 5) is 26.2. The van der Waals surface area contributed by atoms with Crippen molar-refractivity contribution in [2.45, 2.75) is 45.6 Å². The zero-order valence-electron chi connectivity index (χ0n) is 14.0. The molecule has 4 nitrogen and oxygen atoms in total. The fourth-order valence-corrected chi connectivity index (χ4v) is 2.94. The number of hydrogen-bond acceptors (Lipinski definition) is 3. The number of carbonyl (C=O) groups is 2. The van der Waals surface area contributed by atoms with Gasteiger partial charge in [0, 0.05) is 37.5 Å². The number of nitrogens with zero attached hydrogens (tertiary/aromatic N) is 1. The van der Waals surface area contributed by atoms with Crippen LogP contribution in [-0.2, 0) is 4.79 Å². The zero-order chi connectivity index (χ0) is 16.1. The normalized spacial score (nSPS) is 16.6. The van der Waals surface area contributed by atoms with E-state index in [2.05, 4.69) is 0 Å². The summed E-state index contributed by atoms with van der Waals surface area (Å²) in [5, 5.41) is 0. The molecule has 1 aliphatic rings. The topological polar surface area (TPSA) is 63.4 Å². The van der Waals surface area contributed by atoms with Crippen LogP contribution in [0.4, 0.5) is 0 Å². The highest BCUT2D eigenvalue weighted by Gasteiger charge is 2.24. The second-order valence-electron chi connectivity index (χ2n) is 6.37. The first-order chi connectivity index (χ1) is 10.5. The van der Waals surface area contributed by atoms with E-state index in [9.17, 15) is 9.59 Å². The van der Waals surface area contributed by atoms with Crippen molar-refractivity contribution in [3.05, 3.63) is 35.4 Å². The van der Waals surface area contributed by atoms with Crippen LogP contribution in [0.1, 0.15) is 48.5 Å². The first-order valence-electron chi connectivity index (χ1n) is 8.10. The van der Waals surface area contributed by atoms with Gasteiger partial charge in [-0.1, -0.05) is 29.8 Å². The molecule has 23 heavy (non-hydrogen) atoms. The van der Waals surface area contributed by atoms with Gasteiger partial charge in [0.05, 0.1) is 0 Å². The standard InChI is InChI=1S/C18H26N2O2.ClH/c1-13-3-5-16(6-4-13)17(21)7-8-18(22)20-11-9-15(10-12-20)14(2)19;/h3-6,14-15H,7-12,19H2,1-2H3;1H. The predicted octanol–water partition coefficient (Wildman–Crippen LogP) is 2.97. The van der Waals surface area contributed by atoms with E-state index in [1.165, 1.54) is 0 Å². The molecule has 0 aromatic heterocycles. The minimum absolute atomic E-state index is 0. The first kappa shape index (κ1) is 19.7. The molecule has 2 rings (SSSR count). The molecule has 1 fully saturated rings. The lowest BCUT2D eigenvalue weighted by Crippen LogP contribution is -2.42. The third kappa shape index (κ3) is 5.63. The molecule has 0 radical (unpaired) electrons. The summed E-state index contributed by atoms with van der Waals surface area (Å²) in [7, 11) is 0. The smallest absolute Gasteiger partial charge is 0.223 e. The number of rotatable bonds is 5. The molecule has 1 aromatic rings. The maximum Gasteiger partial charge on any atom is 0.223 e. The van der Waals surface area contributed by atoms with Gasteiger partial charge >= 0.3 is 0 Å². The predicted molar refractivity (Wildman–Crippen MR) is 94.9 cm³/mol. The molecule has 0 aliphatic carbocycles. The average molecular weight is 339 g/mol. The molecular formula is C18H27ClN2O2. The maximum atomic E-state index is 12.2. The Kier molecular flexibility index (Phi) is 7.73. The molecule has 5 heteroatoms. The Morgan fingerprint density at radius 1 is 1.17 bits per heavy atom. The van der Waals surface area contributed by atoms with Crippen LogP contribution in [0.3, 0.4) is 0 Å². The van der Waals surface area contributed by atoms with Gasteiger partial charge < -0.3 is 10.6 Å². The van der Waals surface area contributed by atoms with Crippen molar-refractivity contribution in [1.29, 1.82) is 0 Å². The van der Waals surface area contributed by atoms with Gasteiger partial charge in [-0.05, 0) is 32.6 Å². The van der Waals surface area contributed by atoms with E-state index in [0.29, 0.717) is 17.9 Å². The third-order valence-corrected chi connectivity index (χ3v) is 4.58. The summed E-state index contributed by atoms with van der Waals surface area (Å²) in [6, 6.07) is 7.70. The largest absolute Gasteiger partial charge is 0.343 e. The van der Waals surface area contributed by atoms with Gasteiger partial charge in [0.1, 0.15) is 0 Å². The number of benzene rings is 1. The highest BCUT2D eigenvalue weighted by atomic mass is 35.5. The van der Waals surface area contributed by atoms with E-state index in [1.807, 2.05) is 43.0 Å².